The van der Waals surface area contributed by atoms with Crippen LogP contribution in [0.5, 0.6) is 0 Å². The van der Waals surface area contributed by atoms with Crippen LogP contribution in [0, 0.1) is 0 Å². The summed E-state index contributed by atoms with van der Waals surface area (Å²) in [4.78, 5) is 13.8. The van der Waals surface area contributed by atoms with Gasteiger partial charge in [-0.25, -0.2) is 0 Å². The Hall–Kier alpha value is -0.420. The number of hydrogen-bond donors (Lipinski definition) is 1. The first kappa shape index (κ1) is 13.6. The van der Waals surface area contributed by atoms with Crippen molar-refractivity contribution in [1.29, 1.82) is 0 Å². The van der Waals surface area contributed by atoms with E-state index in [1.807, 2.05) is 18.7 Å². The van der Waals surface area contributed by atoms with Gasteiger partial charge in [-0.1, -0.05) is 20.8 Å². The standard InChI is InChI=1S/C11H22N2O2S/c1-4-9-11(14)13(10(5-2)12-9)7-8-16(15)6-3/h9-10,12H,4-8H2,1-3H3. The number of carbonyl (C=O) groups is 1. The van der Waals surface area contributed by atoms with Crippen LogP contribution in [0.15, 0.2) is 0 Å². The number of hydrogen-bond acceptors (Lipinski definition) is 3. The monoisotopic (exact) mass is 246 g/mol. The molecule has 0 aromatic carbocycles. The van der Waals surface area contributed by atoms with Gasteiger partial charge in [-0.15, -0.1) is 0 Å². The largest absolute Gasteiger partial charge is 0.325 e. The van der Waals surface area contributed by atoms with E-state index in [-0.39, 0.29) is 18.1 Å². The fourth-order valence-corrected chi connectivity index (χ4v) is 2.68. The molecule has 5 heteroatoms. The highest BCUT2D eigenvalue weighted by Gasteiger charge is 2.36. The van der Waals surface area contributed by atoms with Gasteiger partial charge in [-0.05, 0) is 12.8 Å². The van der Waals surface area contributed by atoms with Gasteiger partial charge in [-0.2, -0.15) is 0 Å². The van der Waals surface area contributed by atoms with E-state index in [4.69, 9.17) is 0 Å². The molecule has 94 valence electrons. The highest BCUT2D eigenvalue weighted by atomic mass is 32.2. The van der Waals surface area contributed by atoms with Gasteiger partial charge in [-0.3, -0.25) is 14.3 Å². The van der Waals surface area contributed by atoms with Crippen molar-refractivity contribution in [1.82, 2.24) is 10.2 Å². The number of carbonyl (C=O) groups excluding carboxylic acids is 1. The lowest BCUT2D eigenvalue weighted by atomic mass is 10.2. The Morgan fingerprint density at radius 3 is 2.50 bits per heavy atom. The summed E-state index contributed by atoms with van der Waals surface area (Å²) >= 11 is 0. The van der Waals surface area contributed by atoms with Crippen LogP contribution in [-0.4, -0.2) is 45.3 Å². The second kappa shape index (κ2) is 6.35. The van der Waals surface area contributed by atoms with Gasteiger partial charge in [0.15, 0.2) is 0 Å². The smallest absolute Gasteiger partial charge is 0.241 e. The van der Waals surface area contributed by atoms with E-state index in [0.29, 0.717) is 18.1 Å². The summed E-state index contributed by atoms with van der Waals surface area (Å²) < 4.78 is 11.4. The summed E-state index contributed by atoms with van der Waals surface area (Å²) in [6.07, 6.45) is 1.86. The lowest BCUT2D eigenvalue weighted by Gasteiger charge is -2.22. The van der Waals surface area contributed by atoms with Crippen LogP contribution < -0.4 is 5.32 Å². The van der Waals surface area contributed by atoms with Crippen molar-refractivity contribution in [2.45, 2.75) is 45.8 Å². The number of nitrogens with one attached hydrogen (secondary N) is 1. The van der Waals surface area contributed by atoms with Gasteiger partial charge in [0.2, 0.25) is 5.91 Å². The van der Waals surface area contributed by atoms with Crippen molar-refractivity contribution in [2.24, 2.45) is 0 Å². The van der Waals surface area contributed by atoms with Crippen LogP contribution in [0.4, 0.5) is 0 Å². The van der Waals surface area contributed by atoms with Crippen LogP contribution in [0.25, 0.3) is 0 Å². The van der Waals surface area contributed by atoms with Crippen molar-refractivity contribution < 1.29 is 9.00 Å². The average Bonchev–Trinajstić information content (AvgIpc) is 2.62. The third-order valence-electron chi connectivity index (χ3n) is 3.03. The van der Waals surface area contributed by atoms with E-state index < -0.39 is 10.8 Å². The molecule has 1 aliphatic heterocycles. The molecule has 1 rings (SSSR count). The summed E-state index contributed by atoms with van der Waals surface area (Å²) in [6.45, 7) is 6.59. The molecule has 0 bridgehead atoms. The Labute approximate surface area is 100 Å². The van der Waals surface area contributed by atoms with Gasteiger partial charge in [0.05, 0.1) is 12.2 Å². The highest BCUT2D eigenvalue weighted by molar-refractivity contribution is 7.84. The normalized spacial score (nSPS) is 27.4. The first-order valence-corrected chi connectivity index (χ1v) is 7.54. The molecule has 0 saturated carbocycles. The van der Waals surface area contributed by atoms with Crippen LogP contribution in [0.3, 0.4) is 0 Å². The van der Waals surface area contributed by atoms with Crippen LogP contribution in [0.2, 0.25) is 0 Å². The van der Waals surface area contributed by atoms with E-state index in [9.17, 15) is 9.00 Å². The molecule has 0 aliphatic carbocycles. The molecule has 1 fully saturated rings. The molecule has 3 unspecified atom stereocenters. The third-order valence-corrected chi connectivity index (χ3v) is 4.31. The van der Waals surface area contributed by atoms with E-state index in [1.165, 1.54) is 0 Å². The SMILES string of the molecule is CCC1NC(CC)N(CCS(=O)CC)C1=O. The first-order chi connectivity index (χ1) is 7.63. The van der Waals surface area contributed by atoms with Crippen molar-refractivity contribution in [3.8, 4) is 0 Å². The summed E-state index contributed by atoms with van der Waals surface area (Å²) in [6, 6.07) is -0.0417. The maximum Gasteiger partial charge on any atom is 0.241 e. The van der Waals surface area contributed by atoms with Crippen LogP contribution >= 0.6 is 0 Å². The Balaban J connectivity index is 2.55. The predicted octanol–water partition coefficient (Wildman–Crippen LogP) is 0.702. The molecule has 0 aromatic rings. The molecule has 4 nitrogen and oxygen atoms in total. The molecule has 0 spiro atoms. The summed E-state index contributed by atoms with van der Waals surface area (Å²) in [5.41, 5.74) is 0. The minimum absolute atomic E-state index is 0.0417. The summed E-state index contributed by atoms with van der Waals surface area (Å²) in [7, 11) is -0.790. The van der Waals surface area contributed by atoms with E-state index in [0.717, 1.165) is 12.8 Å². The Bertz CT molecular complexity index is 271. The van der Waals surface area contributed by atoms with Crippen LogP contribution in [0.1, 0.15) is 33.6 Å². The summed E-state index contributed by atoms with van der Waals surface area (Å²) in [5.74, 6) is 1.43. The third kappa shape index (κ3) is 3.04. The molecule has 1 amide bonds. The van der Waals surface area contributed by atoms with Gasteiger partial charge in [0, 0.05) is 28.9 Å². The zero-order valence-electron chi connectivity index (χ0n) is 10.4. The molecule has 1 N–H and O–H groups in total. The molecule has 3 atom stereocenters. The van der Waals surface area contributed by atoms with Gasteiger partial charge >= 0.3 is 0 Å². The Morgan fingerprint density at radius 1 is 1.31 bits per heavy atom. The average molecular weight is 246 g/mol. The molecule has 1 saturated heterocycles. The Morgan fingerprint density at radius 2 is 2.00 bits per heavy atom. The number of nitrogens with zero attached hydrogens (tertiary/aromatic N) is 1. The quantitative estimate of drug-likeness (QED) is 0.750. The molecule has 1 heterocycles. The molecule has 0 aromatic heterocycles. The molecular weight excluding hydrogens is 224 g/mol. The lowest BCUT2D eigenvalue weighted by Crippen LogP contribution is -2.39. The fraction of sp³-hybridized carbons (Fsp3) is 0.909. The zero-order chi connectivity index (χ0) is 12.1. The van der Waals surface area contributed by atoms with Crippen molar-refractivity contribution >= 4 is 16.7 Å². The van der Waals surface area contributed by atoms with Gasteiger partial charge in [0.1, 0.15) is 0 Å². The molecular formula is C11H22N2O2S. The lowest BCUT2D eigenvalue weighted by molar-refractivity contribution is -0.129. The second-order valence-corrected chi connectivity index (χ2v) is 5.88. The van der Waals surface area contributed by atoms with E-state index in [2.05, 4.69) is 12.2 Å². The molecule has 0 radical (unpaired) electrons. The number of amides is 1. The topological polar surface area (TPSA) is 49.4 Å². The first-order valence-electron chi connectivity index (χ1n) is 6.05. The number of rotatable bonds is 6. The maximum absolute atomic E-state index is 12.0. The molecule has 16 heavy (non-hydrogen) atoms. The van der Waals surface area contributed by atoms with E-state index >= 15 is 0 Å². The predicted molar refractivity (Wildman–Crippen MR) is 66.6 cm³/mol. The Kier molecular flexibility index (Phi) is 5.41. The summed E-state index contributed by atoms with van der Waals surface area (Å²) in [5, 5.41) is 3.31. The fourth-order valence-electron chi connectivity index (χ4n) is 1.99. The van der Waals surface area contributed by atoms with Gasteiger partial charge < -0.3 is 4.90 Å². The minimum atomic E-state index is -0.790. The highest BCUT2D eigenvalue weighted by Crippen LogP contribution is 2.15. The second-order valence-electron chi connectivity index (χ2n) is 4.02. The molecule has 1 aliphatic rings. The van der Waals surface area contributed by atoms with Gasteiger partial charge in [0.25, 0.3) is 0 Å². The zero-order valence-corrected chi connectivity index (χ0v) is 11.2. The van der Waals surface area contributed by atoms with Crippen molar-refractivity contribution in [3.05, 3.63) is 0 Å². The van der Waals surface area contributed by atoms with Crippen molar-refractivity contribution in [3.63, 3.8) is 0 Å². The van der Waals surface area contributed by atoms with E-state index in [1.54, 1.807) is 0 Å². The minimum Gasteiger partial charge on any atom is -0.325 e. The maximum atomic E-state index is 12.0. The van der Waals surface area contributed by atoms with Crippen molar-refractivity contribution in [2.75, 3.05) is 18.1 Å². The van der Waals surface area contributed by atoms with Crippen LogP contribution in [-0.2, 0) is 15.6 Å².